The average molecular weight is 442 g/mol. The van der Waals surface area contributed by atoms with Gasteiger partial charge in [-0.05, 0) is 50.3 Å². The van der Waals surface area contributed by atoms with Gasteiger partial charge in [0, 0.05) is 26.1 Å². The van der Waals surface area contributed by atoms with Crippen LogP contribution in [-0.2, 0) is 24.2 Å². The molecule has 8 heteroatoms. The van der Waals surface area contributed by atoms with Gasteiger partial charge in [0.05, 0.1) is 29.2 Å². The van der Waals surface area contributed by atoms with E-state index in [0.717, 1.165) is 62.3 Å². The van der Waals surface area contributed by atoms with E-state index < -0.39 is 0 Å². The molecule has 0 radical (unpaired) electrons. The number of fused-ring (bicyclic) bond motifs is 2. The zero-order valence-electron chi connectivity index (χ0n) is 17.8. The standard InChI is InChI=1S/C23H27N3O4S/c1-15-19-21(24-18-9-3-2-4-10-26(18)22(19)27)31-20(15)23(28)25(13-16-7-5-11-29-16)14-17-8-6-12-30-17/h5,7,11,17H,2-4,6,8-10,12-14H2,1H3/t17-/m0/s1. The van der Waals surface area contributed by atoms with E-state index in [9.17, 15) is 9.59 Å². The van der Waals surface area contributed by atoms with E-state index >= 15 is 0 Å². The van der Waals surface area contributed by atoms with Crippen LogP contribution in [0.4, 0.5) is 0 Å². The lowest BCUT2D eigenvalue weighted by Crippen LogP contribution is -2.36. The monoisotopic (exact) mass is 441 g/mol. The fraction of sp³-hybridized carbons (Fsp3) is 0.522. The van der Waals surface area contributed by atoms with E-state index in [1.54, 1.807) is 11.2 Å². The van der Waals surface area contributed by atoms with Gasteiger partial charge < -0.3 is 14.1 Å². The fourth-order valence-corrected chi connectivity index (χ4v) is 5.76. The number of furan rings is 1. The first-order chi connectivity index (χ1) is 15.1. The average Bonchev–Trinajstić information content (AvgIpc) is 3.48. The number of amides is 1. The molecule has 0 aliphatic carbocycles. The molecule has 1 atom stereocenters. The number of rotatable bonds is 5. The molecule has 0 bridgehead atoms. The maximum Gasteiger partial charge on any atom is 0.264 e. The molecule has 5 heterocycles. The van der Waals surface area contributed by atoms with Gasteiger partial charge in [0.25, 0.3) is 11.5 Å². The molecular weight excluding hydrogens is 414 g/mol. The van der Waals surface area contributed by atoms with Crippen molar-refractivity contribution in [1.29, 1.82) is 0 Å². The summed E-state index contributed by atoms with van der Waals surface area (Å²) in [5.74, 6) is 1.49. The Hall–Kier alpha value is -2.45. The topological polar surface area (TPSA) is 77.6 Å². The molecule has 2 aliphatic rings. The summed E-state index contributed by atoms with van der Waals surface area (Å²) in [4.78, 5) is 34.8. The first kappa shape index (κ1) is 20.5. The van der Waals surface area contributed by atoms with Crippen LogP contribution in [0.5, 0.6) is 0 Å². The van der Waals surface area contributed by atoms with E-state index in [4.69, 9.17) is 14.1 Å². The fourth-order valence-electron chi connectivity index (χ4n) is 4.60. The summed E-state index contributed by atoms with van der Waals surface area (Å²) in [6.07, 6.45) is 7.59. The van der Waals surface area contributed by atoms with Gasteiger partial charge in [-0.15, -0.1) is 11.3 Å². The maximum absolute atomic E-state index is 13.6. The summed E-state index contributed by atoms with van der Waals surface area (Å²) in [6, 6.07) is 3.70. The van der Waals surface area contributed by atoms with Crippen molar-refractivity contribution in [3.05, 3.63) is 50.8 Å². The van der Waals surface area contributed by atoms with Crippen LogP contribution in [0.3, 0.4) is 0 Å². The third-order valence-electron chi connectivity index (χ3n) is 6.27. The first-order valence-corrected chi connectivity index (χ1v) is 11.9. The van der Waals surface area contributed by atoms with Gasteiger partial charge in [-0.3, -0.25) is 14.2 Å². The van der Waals surface area contributed by atoms with Crippen LogP contribution in [0.2, 0.25) is 0 Å². The number of thiophene rings is 1. The molecule has 0 N–H and O–H groups in total. The smallest absolute Gasteiger partial charge is 0.264 e. The molecule has 5 rings (SSSR count). The van der Waals surface area contributed by atoms with Crippen molar-refractivity contribution in [1.82, 2.24) is 14.5 Å². The lowest BCUT2D eigenvalue weighted by atomic mass is 10.1. The number of aryl methyl sites for hydroxylation is 2. The second kappa shape index (κ2) is 8.59. The molecule has 1 amide bonds. The Bertz CT molecular complexity index is 1140. The van der Waals surface area contributed by atoms with E-state index in [1.165, 1.54) is 11.3 Å². The molecule has 0 saturated carbocycles. The minimum Gasteiger partial charge on any atom is -0.467 e. The quantitative estimate of drug-likeness (QED) is 0.600. The Labute approximate surface area is 184 Å². The SMILES string of the molecule is Cc1c(C(=O)N(Cc2ccco2)C[C@@H]2CCCO2)sc2nc3n(c(=O)c12)CCCCC3. The zero-order valence-corrected chi connectivity index (χ0v) is 18.6. The van der Waals surface area contributed by atoms with Crippen molar-refractivity contribution in [2.75, 3.05) is 13.2 Å². The van der Waals surface area contributed by atoms with Crippen LogP contribution in [0.25, 0.3) is 10.2 Å². The second-order valence-corrected chi connectivity index (χ2v) is 9.43. The Balaban J connectivity index is 1.52. The Morgan fingerprint density at radius 1 is 1.32 bits per heavy atom. The van der Waals surface area contributed by atoms with Crippen molar-refractivity contribution >= 4 is 27.5 Å². The van der Waals surface area contributed by atoms with E-state index in [1.807, 2.05) is 23.6 Å². The van der Waals surface area contributed by atoms with Crippen LogP contribution in [0, 0.1) is 6.92 Å². The zero-order chi connectivity index (χ0) is 21.4. The molecule has 7 nitrogen and oxygen atoms in total. The van der Waals surface area contributed by atoms with Crippen LogP contribution < -0.4 is 5.56 Å². The normalized spacial score (nSPS) is 18.8. The number of ether oxygens (including phenoxy) is 1. The Kier molecular flexibility index (Phi) is 5.67. The summed E-state index contributed by atoms with van der Waals surface area (Å²) >= 11 is 1.34. The molecule has 0 unspecified atom stereocenters. The van der Waals surface area contributed by atoms with Crippen LogP contribution >= 0.6 is 11.3 Å². The Morgan fingerprint density at radius 2 is 2.23 bits per heavy atom. The number of nitrogens with zero attached hydrogens (tertiary/aromatic N) is 3. The van der Waals surface area contributed by atoms with Crippen molar-refractivity contribution in [2.24, 2.45) is 0 Å². The lowest BCUT2D eigenvalue weighted by Gasteiger charge is -2.24. The maximum atomic E-state index is 13.6. The van der Waals surface area contributed by atoms with Gasteiger partial charge in [-0.25, -0.2) is 4.98 Å². The van der Waals surface area contributed by atoms with E-state index in [-0.39, 0.29) is 17.6 Å². The van der Waals surface area contributed by atoms with Crippen molar-refractivity contribution in [2.45, 2.75) is 64.6 Å². The van der Waals surface area contributed by atoms with Crippen LogP contribution in [-0.4, -0.2) is 39.6 Å². The number of carbonyl (C=O) groups excluding carboxylic acids is 1. The molecule has 3 aromatic heterocycles. The van der Waals surface area contributed by atoms with Crippen LogP contribution in [0.1, 0.15) is 58.9 Å². The summed E-state index contributed by atoms with van der Waals surface area (Å²) in [6.45, 7) is 4.20. The highest BCUT2D eigenvalue weighted by Crippen LogP contribution is 2.30. The minimum atomic E-state index is -0.0907. The first-order valence-electron chi connectivity index (χ1n) is 11.1. The third kappa shape index (κ3) is 3.94. The molecule has 2 aliphatic heterocycles. The molecule has 164 valence electrons. The highest BCUT2D eigenvalue weighted by Gasteiger charge is 2.28. The predicted molar refractivity (Wildman–Crippen MR) is 119 cm³/mol. The van der Waals surface area contributed by atoms with Gasteiger partial charge >= 0.3 is 0 Å². The largest absolute Gasteiger partial charge is 0.467 e. The Morgan fingerprint density at radius 3 is 3.00 bits per heavy atom. The number of aromatic nitrogens is 2. The van der Waals surface area contributed by atoms with Crippen molar-refractivity contribution in [3.63, 3.8) is 0 Å². The highest BCUT2D eigenvalue weighted by atomic mass is 32.1. The molecular formula is C23H27N3O4S. The molecule has 1 fully saturated rings. The molecule has 31 heavy (non-hydrogen) atoms. The molecule has 0 aromatic carbocycles. The van der Waals surface area contributed by atoms with Gasteiger partial charge in [0.1, 0.15) is 16.4 Å². The van der Waals surface area contributed by atoms with Crippen LogP contribution in [0.15, 0.2) is 27.6 Å². The van der Waals surface area contributed by atoms with E-state index in [2.05, 4.69) is 0 Å². The van der Waals surface area contributed by atoms with Gasteiger partial charge in [-0.2, -0.15) is 0 Å². The van der Waals surface area contributed by atoms with Crippen molar-refractivity contribution < 1.29 is 13.9 Å². The van der Waals surface area contributed by atoms with E-state index in [0.29, 0.717) is 34.7 Å². The van der Waals surface area contributed by atoms with Gasteiger partial charge in [0.2, 0.25) is 0 Å². The molecule has 0 spiro atoms. The minimum absolute atomic E-state index is 0.00795. The molecule has 3 aromatic rings. The summed E-state index contributed by atoms with van der Waals surface area (Å²) in [5, 5.41) is 0.592. The van der Waals surface area contributed by atoms with Crippen molar-refractivity contribution in [3.8, 4) is 0 Å². The summed E-state index contributed by atoms with van der Waals surface area (Å²) in [5.41, 5.74) is 0.727. The number of hydrogen-bond donors (Lipinski definition) is 0. The lowest BCUT2D eigenvalue weighted by molar-refractivity contribution is 0.0495. The highest BCUT2D eigenvalue weighted by molar-refractivity contribution is 7.20. The van der Waals surface area contributed by atoms with Gasteiger partial charge in [0.15, 0.2) is 0 Å². The predicted octanol–water partition coefficient (Wildman–Crippen LogP) is 3.91. The number of hydrogen-bond acceptors (Lipinski definition) is 6. The van der Waals surface area contributed by atoms with Gasteiger partial charge in [-0.1, -0.05) is 6.42 Å². The third-order valence-corrected chi connectivity index (χ3v) is 7.44. The second-order valence-electron chi connectivity index (χ2n) is 8.43. The number of carbonyl (C=O) groups is 1. The summed E-state index contributed by atoms with van der Waals surface area (Å²) in [7, 11) is 0. The molecule has 1 saturated heterocycles. The summed E-state index contributed by atoms with van der Waals surface area (Å²) < 4.78 is 13.1.